The first kappa shape index (κ1) is 26.8. The molecule has 3 rings (SSSR count). The van der Waals surface area contributed by atoms with E-state index in [9.17, 15) is 9.59 Å². The van der Waals surface area contributed by atoms with Crippen LogP contribution < -0.4 is 16.5 Å². The summed E-state index contributed by atoms with van der Waals surface area (Å²) in [7, 11) is 0. The fourth-order valence-corrected chi connectivity index (χ4v) is 3.27. The van der Waals surface area contributed by atoms with Gasteiger partial charge in [-0.1, -0.05) is 19.9 Å². The fourth-order valence-electron chi connectivity index (χ4n) is 3.27. The van der Waals surface area contributed by atoms with Crippen LogP contribution in [-0.4, -0.2) is 47.0 Å². The first-order valence-electron chi connectivity index (χ1n) is 11.4. The summed E-state index contributed by atoms with van der Waals surface area (Å²) in [6, 6.07) is 10.3. The zero-order valence-electron chi connectivity index (χ0n) is 20.6. The number of hydrazone groups is 1. The largest absolute Gasteiger partial charge is 0.456 e. The van der Waals surface area contributed by atoms with E-state index in [0.717, 1.165) is 0 Å². The normalized spacial score (nSPS) is 15.4. The highest BCUT2D eigenvalue weighted by molar-refractivity contribution is 5.99. The first-order valence-corrected chi connectivity index (χ1v) is 11.4. The van der Waals surface area contributed by atoms with Crippen molar-refractivity contribution in [3.63, 3.8) is 0 Å². The van der Waals surface area contributed by atoms with Crippen LogP contribution >= 0.6 is 0 Å². The molecular weight excluding hydrogens is 434 g/mol. The number of hydrogen-bond acceptors (Lipinski definition) is 7. The molecule has 1 aliphatic heterocycles. The van der Waals surface area contributed by atoms with Crippen molar-refractivity contribution in [1.82, 2.24) is 10.4 Å². The van der Waals surface area contributed by atoms with Gasteiger partial charge in [0.15, 0.2) is 5.84 Å². The highest BCUT2D eigenvalue weighted by Gasteiger charge is 2.40. The Bertz CT molecular complexity index is 980. The molecule has 1 aromatic carbocycles. The van der Waals surface area contributed by atoms with Crippen LogP contribution in [-0.2, 0) is 14.3 Å². The standard InChI is InChI=1S/C23H29N5O4.C2H6/c1-22(2,3)32-20(29)17-5-4-6-18(15-17)26-23(9-13-31-14-10-23)21(30)28-27-19(24)16-7-11-25-12-8-16;1-2/h4-8,11-12,15,26H,9-10,13-14H2,1-3H3,(H2,24,27)(H,28,30);1-2H3. The number of amides is 1. The number of aromatic nitrogens is 1. The molecular formula is C25H35N5O4. The Morgan fingerprint density at radius 2 is 1.74 bits per heavy atom. The van der Waals surface area contributed by atoms with Crippen molar-refractivity contribution in [3.05, 3.63) is 59.9 Å². The number of nitrogens with two attached hydrogens (primary N) is 1. The molecule has 184 valence electrons. The van der Waals surface area contributed by atoms with Gasteiger partial charge >= 0.3 is 5.97 Å². The number of pyridine rings is 1. The molecule has 1 aromatic heterocycles. The smallest absolute Gasteiger partial charge is 0.338 e. The quantitative estimate of drug-likeness (QED) is 0.256. The Balaban J connectivity index is 0.00000199. The second-order valence-electron chi connectivity index (χ2n) is 8.58. The highest BCUT2D eigenvalue weighted by Crippen LogP contribution is 2.27. The third-order valence-electron chi connectivity index (χ3n) is 4.92. The maximum Gasteiger partial charge on any atom is 0.338 e. The van der Waals surface area contributed by atoms with Crippen LogP contribution in [0, 0.1) is 0 Å². The fraction of sp³-hybridized carbons (Fsp3) is 0.440. The molecule has 1 amide bonds. The van der Waals surface area contributed by atoms with Gasteiger partial charge in [0.25, 0.3) is 5.91 Å². The molecule has 1 saturated heterocycles. The van der Waals surface area contributed by atoms with Crippen LogP contribution in [0.4, 0.5) is 5.69 Å². The van der Waals surface area contributed by atoms with Crippen LogP contribution in [0.3, 0.4) is 0 Å². The number of nitrogens with zero attached hydrogens (tertiary/aromatic N) is 2. The molecule has 2 aromatic rings. The molecule has 4 N–H and O–H groups in total. The summed E-state index contributed by atoms with van der Waals surface area (Å²) in [4.78, 5) is 29.6. The van der Waals surface area contributed by atoms with Gasteiger partial charge in [-0.15, -0.1) is 0 Å². The second kappa shape index (κ2) is 12.1. The average molecular weight is 470 g/mol. The predicted octanol–water partition coefficient (Wildman–Crippen LogP) is 3.46. The minimum absolute atomic E-state index is 0.176. The van der Waals surface area contributed by atoms with E-state index >= 15 is 0 Å². The lowest BCUT2D eigenvalue weighted by atomic mass is 9.88. The number of ether oxygens (including phenoxy) is 2. The molecule has 9 nitrogen and oxygen atoms in total. The number of rotatable bonds is 6. The highest BCUT2D eigenvalue weighted by atomic mass is 16.6. The van der Waals surface area contributed by atoms with Crippen molar-refractivity contribution in [2.45, 2.75) is 58.6 Å². The Hall–Kier alpha value is -3.46. The molecule has 0 aliphatic carbocycles. The van der Waals surface area contributed by atoms with Crippen molar-refractivity contribution in [3.8, 4) is 0 Å². The van der Waals surface area contributed by atoms with E-state index < -0.39 is 17.1 Å². The topological polar surface area (TPSA) is 128 Å². The summed E-state index contributed by atoms with van der Waals surface area (Å²) in [5.41, 5.74) is 8.66. The Kier molecular flexibility index (Phi) is 9.56. The lowest BCUT2D eigenvalue weighted by Crippen LogP contribution is -2.55. The number of hydrogen-bond donors (Lipinski definition) is 3. The Morgan fingerprint density at radius 1 is 1.09 bits per heavy atom. The van der Waals surface area contributed by atoms with Gasteiger partial charge in [0.05, 0.1) is 5.56 Å². The first-order chi connectivity index (χ1) is 16.2. The van der Waals surface area contributed by atoms with Crippen LogP contribution in [0.25, 0.3) is 0 Å². The third-order valence-corrected chi connectivity index (χ3v) is 4.92. The SMILES string of the molecule is CC.CC(C)(C)OC(=O)c1cccc(NC2(C(=O)N/N=C(/N)c3ccncc3)CCOCC2)c1. The zero-order valence-corrected chi connectivity index (χ0v) is 20.6. The number of amidine groups is 1. The van der Waals surface area contributed by atoms with Crippen molar-refractivity contribution in [1.29, 1.82) is 0 Å². The van der Waals surface area contributed by atoms with Gasteiger partial charge in [-0.05, 0) is 51.1 Å². The summed E-state index contributed by atoms with van der Waals surface area (Å²) in [5, 5.41) is 7.35. The number of nitrogens with one attached hydrogen (secondary N) is 2. The molecule has 0 radical (unpaired) electrons. The van der Waals surface area contributed by atoms with Crippen LogP contribution in [0.15, 0.2) is 53.9 Å². The lowest BCUT2D eigenvalue weighted by Gasteiger charge is -2.36. The Labute approximate surface area is 201 Å². The molecule has 0 atom stereocenters. The molecule has 0 unspecified atom stereocenters. The zero-order chi connectivity index (χ0) is 25.2. The number of benzene rings is 1. The van der Waals surface area contributed by atoms with Gasteiger partial charge < -0.3 is 20.5 Å². The summed E-state index contributed by atoms with van der Waals surface area (Å²) < 4.78 is 10.9. The molecule has 2 heterocycles. The van der Waals surface area contributed by atoms with Gasteiger partial charge in [0.1, 0.15) is 11.1 Å². The molecule has 0 bridgehead atoms. The number of anilines is 1. The summed E-state index contributed by atoms with van der Waals surface area (Å²) in [6.45, 7) is 10.3. The van der Waals surface area contributed by atoms with E-state index in [1.54, 1.807) is 48.8 Å². The van der Waals surface area contributed by atoms with Gasteiger partial charge in [-0.2, -0.15) is 5.10 Å². The molecule has 0 saturated carbocycles. The van der Waals surface area contributed by atoms with Crippen molar-refractivity contribution in [2.24, 2.45) is 10.8 Å². The molecule has 1 fully saturated rings. The number of carbonyl (C=O) groups excluding carboxylic acids is 2. The maximum atomic E-state index is 13.2. The van der Waals surface area contributed by atoms with Crippen molar-refractivity contribution < 1.29 is 19.1 Å². The summed E-state index contributed by atoms with van der Waals surface area (Å²) in [6.07, 6.45) is 4.05. The average Bonchev–Trinajstić information content (AvgIpc) is 2.84. The van der Waals surface area contributed by atoms with E-state index in [1.165, 1.54) is 0 Å². The van der Waals surface area contributed by atoms with Crippen LogP contribution in [0.1, 0.15) is 63.4 Å². The maximum absolute atomic E-state index is 13.2. The second-order valence-corrected chi connectivity index (χ2v) is 8.58. The molecule has 34 heavy (non-hydrogen) atoms. The van der Waals surface area contributed by atoms with E-state index in [1.807, 2.05) is 34.6 Å². The van der Waals surface area contributed by atoms with E-state index in [0.29, 0.717) is 42.9 Å². The van der Waals surface area contributed by atoms with Gasteiger partial charge in [0.2, 0.25) is 0 Å². The number of carbonyl (C=O) groups is 2. The Morgan fingerprint density at radius 3 is 2.35 bits per heavy atom. The molecule has 9 heteroatoms. The van der Waals surface area contributed by atoms with Gasteiger partial charge in [-0.3, -0.25) is 9.78 Å². The number of esters is 1. The van der Waals surface area contributed by atoms with E-state index in [2.05, 4.69) is 20.8 Å². The van der Waals surface area contributed by atoms with E-state index in [-0.39, 0.29) is 11.7 Å². The predicted molar refractivity (Wildman–Crippen MR) is 132 cm³/mol. The minimum atomic E-state index is -0.965. The van der Waals surface area contributed by atoms with Crippen molar-refractivity contribution in [2.75, 3.05) is 18.5 Å². The van der Waals surface area contributed by atoms with E-state index in [4.69, 9.17) is 15.2 Å². The van der Waals surface area contributed by atoms with Crippen molar-refractivity contribution >= 4 is 23.4 Å². The third kappa shape index (κ3) is 7.55. The van der Waals surface area contributed by atoms with Gasteiger partial charge in [-0.25, -0.2) is 10.2 Å². The summed E-state index contributed by atoms with van der Waals surface area (Å²) >= 11 is 0. The monoisotopic (exact) mass is 469 g/mol. The van der Waals surface area contributed by atoms with Crippen LogP contribution in [0.2, 0.25) is 0 Å². The minimum Gasteiger partial charge on any atom is -0.456 e. The van der Waals surface area contributed by atoms with Crippen LogP contribution in [0.5, 0.6) is 0 Å². The summed E-state index contributed by atoms with van der Waals surface area (Å²) in [5.74, 6) is -0.586. The molecule has 1 aliphatic rings. The molecule has 0 spiro atoms. The van der Waals surface area contributed by atoms with Gasteiger partial charge in [0, 0.05) is 49.7 Å². The lowest BCUT2D eigenvalue weighted by molar-refractivity contribution is -0.128.